The Labute approximate surface area is 187 Å². The Kier molecular flexibility index (Phi) is 5.32. The Hall–Kier alpha value is -2.67. The molecule has 170 valence electrons. The van der Waals surface area contributed by atoms with Gasteiger partial charge in [0, 0.05) is 42.2 Å². The highest BCUT2D eigenvalue weighted by Crippen LogP contribution is 2.50. The van der Waals surface area contributed by atoms with Crippen LogP contribution in [0.4, 0.5) is 0 Å². The fourth-order valence-electron chi connectivity index (χ4n) is 6.39. The summed E-state index contributed by atoms with van der Waals surface area (Å²) in [5.41, 5.74) is 4.26. The molecule has 2 aliphatic heterocycles. The van der Waals surface area contributed by atoms with Crippen LogP contribution in [0.2, 0.25) is 0 Å². The number of ether oxygens (including phenoxy) is 2. The molecule has 0 unspecified atom stereocenters. The van der Waals surface area contributed by atoms with Crippen molar-refractivity contribution >= 4 is 28.6 Å². The van der Waals surface area contributed by atoms with Crippen molar-refractivity contribution in [1.29, 1.82) is 0 Å². The van der Waals surface area contributed by atoms with Crippen molar-refractivity contribution in [2.75, 3.05) is 20.2 Å². The van der Waals surface area contributed by atoms with Gasteiger partial charge in [0.2, 0.25) is 0 Å². The number of ketones is 1. The number of benzene rings is 1. The SMILES string of the molecule is COC(=O)[C@H]1[C@H]2C[C@H]3c4[nH]c5ccc(C(C)=O)cc5c4CCN3C[C@H]2CC[C@@H]1OC(C)=O. The van der Waals surface area contributed by atoms with Crippen LogP contribution in [0.1, 0.15) is 60.8 Å². The number of nitrogens with zero attached hydrogens (tertiary/aromatic N) is 1. The number of aromatic nitrogens is 1. The van der Waals surface area contributed by atoms with Crippen molar-refractivity contribution in [3.05, 3.63) is 35.0 Å². The molecule has 2 aromatic rings. The van der Waals surface area contributed by atoms with Crippen molar-refractivity contribution in [1.82, 2.24) is 9.88 Å². The maximum atomic E-state index is 12.8. The number of fused-ring (bicyclic) bond motifs is 6. The third kappa shape index (κ3) is 3.43. The Morgan fingerprint density at radius 3 is 2.69 bits per heavy atom. The summed E-state index contributed by atoms with van der Waals surface area (Å²) in [6.45, 7) is 4.90. The summed E-state index contributed by atoms with van der Waals surface area (Å²) in [5.74, 6) is -0.498. The first-order valence-electron chi connectivity index (χ1n) is 11.5. The van der Waals surface area contributed by atoms with Crippen LogP contribution in [0, 0.1) is 17.8 Å². The summed E-state index contributed by atoms with van der Waals surface area (Å²) in [7, 11) is 1.41. The first-order valence-corrected chi connectivity index (χ1v) is 11.5. The predicted octanol–water partition coefficient (Wildman–Crippen LogP) is 3.42. The van der Waals surface area contributed by atoms with Gasteiger partial charge in [-0.05, 0) is 68.2 Å². The number of H-pyrrole nitrogens is 1. The van der Waals surface area contributed by atoms with Crippen molar-refractivity contribution < 1.29 is 23.9 Å². The predicted molar refractivity (Wildman–Crippen MR) is 118 cm³/mol. The first kappa shape index (κ1) is 21.2. The van der Waals surface area contributed by atoms with Gasteiger partial charge in [0.1, 0.15) is 6.10 Å². The van der Waals surface area contributed by atoms with Gasteiger partial charge in [-0.15, -0.1) is 0 Å². The molecule has 5 rings (SSSR count). The van der Waals surface area contributed by atoms with Crippen molar-refractivity contribution in [2.24, 2.45) is 17.8 Å². The molecule has 1 aromatic carbocycles. The van der Waals surface area contributed by atoms with Gasteiger partial charge in [-0.3, -0.25) is 19.3 Å². The number of hydrogen-bond acceptors (Lipinski definition) is 6. The number of nitrogens with one attached hydrogen (secondary N) is 1. The zero-order valence-corrected chi connectivity index (χ0v) is 18.8. The van der Waals surface area contributed by atoms with Crippen LogP contribution in [0.25, 0.3) is 10.9 Å². The molecule has 1 saturated heterocycles. The largest absolute Gasteiger partial charge is 0.469 e. The third-order valence-corrected chi connectivity index (χ3v) is 7.81. The van der Waals surface area contributed by atoms with Gasteiger partial charge in [0.05, 0.1) is 19.1 Å². The van der Waals surface area contributed by atoms with Gasteiger partial charge in [0.15, 0.2) is 5.78 Å². The number of carbonyl (C=O) groups is 3. The molecule has 32 heavy (non-hydrogen) atoms. The van der Waals surface area contributed by atoms with E-state index in [2.05, 4.69) is 9.88 Å². The molecular formula is C25H30N2O5. The molecule has 2 fully saturated rings. The standard InChI is InChI=1S/C25H30N2O5/c1-13(28)15-4-6-20-19(10-15)17-8-9-27-12-16-5-7-22(32-14(2)29)23(25(30)31-3)18(16)11-21(27)24(17)26-20/h4,6,10,16,18,21-23,26H,5,7-9,11-12H2,1-3H3/t16-,18+,21+,22+,23+/m1/s1. The lowest BCUT2D eigenvalue weighted by molar-refractivity contribution is -0.171. The second-order valence-corrected chi connectivity index (χ2v) is 9.53. The van der Waals surface area contributed by atoms with Crippen LogP contribution in [-0.4, -0.2) is 53.9 Å². The smallest absolute Gasteiger partial charge is 0.312 e. The zero-order chi connectivity index (χ0) is 22.6. The number of rotatable bonds is 3. The number of hydrogen-bond donors (Lipinski definition) is 1. The maximum absolute atomic E-state index is 12.8. The number of aromatic amines is 1. The monoisotopic (exact) mass is 438 g/mol. The average molecular weight is 439 g/mol. The summed E-state index contributed by atoms with van der Waals surface area (Å²) >= 11 is 0. The molecule has 7 heteroatoms. The zero-order valence-electron chi connectivity index (χ0n) is 18.8. The van der Waals surface area contributed by atoms with E-state index < -0.39 is 12.0 Å². The Morgan fingerprint density at radius 1 is 1.16 bits per heavy atom. The summed E-state index contributed by atoms with van der Waals surface area (Å²) < 4.78 is 10.7. The van der Waals surface area contributed by atoms with Crippen LogP contribution < -0.4 is 0 Å². The van der Waals surface area contributed by atoms with E-state index in [1.807, 2.05) is 18.2 Å². The van der Waals surface area contributed by atoms with Gasteiger partial charge < -0.3 is 14.5 Å². The second-order valence-electron chi connectivity index (χ2n) is 9.53. The van der Waals surface area contributed by atoms with E-state index in [4.69, 9.17) is 9.47 Å². The Morgan fingerprint density at radius 2 is 1.97 bits per heavy atom. The summed E-state index contributed by atoms with van der Waals surface area (Å²) in [5, 5.41) is 1.13. The van der Waals surface area contributed by atoms with Crippen LogP contribution >= 0.6 is 0 Å². The number of methoxy groups -OCH3 is 1. The normalized spacial score (nSPS) is 29.5. The lowest BCUT2D eigenvalue weighted by Gasteiger charge is -2.51. The van der Waals surface area contributed by atoms with E-state index in [9.17, 15) is 14.4 Å². The molecule has 7 nitrogen and oxygen atoms in total. The minimum atomic E-state index is -0.427. The summed E-state index contributed by atoms with van der Waals surface area (Å²) in [4.78, 5) is 42.5. The highest BCUT2D eigenvalue weighted by Gasteiger charge is 2.51. The van der Waals surface area contributed by atoms with Gasteiger partial charge in [-0.25, -0.2) is 0 Å². The van der Waals surface area contributed by atoms with E-state index in [-0.39, 0.29) is 29.7 Å². The molecule has 3 heterocycles. The minimum Gasteiger partial charge on any atom is -0.469 e. The lowest BCUT2D eigenvalue weighted by atomic mass is 9.64. The molecule has 0 spiro atoms. The number of esters is 2. The minimum absolute atomic E-state index is 0.0689. The topological polar surface area (TPSA) is 88.7 Å². The Balaban J connectivity index is 1.50. The van der Waals surface area contributed by atoms with E-state index in [0.29, 0.717) is 12.3 Å². The molecule has 0 bridgehead atoms. The van der Waals surface area contributed by atoms with Crippen molar-refractivity contribution in [2.45, 2.75) is 51.7 Å². The number of piperidine rings is 1. The quantitative estimate of drug-likeness (QED) is 0.584. The molecule has 0 amide bonds. The van der Waals surface area contributed by atoms with Gasteiger partial charge in [-0.1, -0.05) is 0 Å². The molecule has 3 aliphatic rings. The second kappa shape index (κ2) is 8.03. The van der Waals surface area contributed by atoms with Gasteiger partial charge in [0.25, 0.3) is 0 Å². The van der Waals surface area contributed by atoms with E-state index in [0.717, 1.165) is 48.8 Å². The highest BCUT2D eigenvalue weighted by atomic mass is 16.6. The number of Topliss-reactive ketones (excluding diaryl/α,β-unsaturated/α-hetero) is 1. The number of carbonyl (C=O) groups excluding carboxylic acids is 3. The average Bonchev–Trinajstić information content (AvgIpc) is 3.15. The molecule has 1 saturated carbocycles. The van der Waals surface area contributed by atoms with E-state index in [1.54, 1.807) is 6.92 Å². The molecule has 0 radical (unpaired) electrons. The summed E-state index contributed by atoms with van der Waals surface area (Å²) in [6, 6.07) is 6.05. The van der Waals surface area contributed by atoms with E-state index >= 15 is 0 Å². The molecule has 1 aliphatic carbocycles. The fraction of sp³-hybridized carbons (Fsp3) is 0.560. The van der Waals surface area contributed by atoms with Crippen molar-refractivity contribution in [3.63, 3.8) is 0 Å². The maximum Gasteiger partial charge on any atom is 0.312 e. The third-order valence-electron chi connectivity index (χ3n) is 7.81. The Bertz CT molecular complexity index is 1090. The highest BCUT2D eigenvalue weighted by molar-refractivity contribution is 5.99. The first-order chi connectivity index (χ1) is 15.4. The van der Waals surface area contributed by atoms with Crippen LogP contribution in [-0.2, 0) is 25.5 Å². The fourth-order valence-corrected chi connectivity index (χ4v) is 6.39. The molecular weight excluding hydrogens is 408 g/mol. The summed E-state index contributed by atoms with van der Waals surface area (Å²) in [6.07, 6.45) is 2.99. The van der Waals surface area contributed by atoms with Crippen LogP contribution in [0.5, 0.6) is 0 Å². The van der Waals surface area contributed by atoms with Crippen LogP contribution in [0.15, 0.2) is 18.2 Å². The van der Waals surface area contributed by atoms with Crippen molar-refractivity contribution in [3.8, 4) is 0 Å². The molecule has 5 atom stereocenters. The van der Waals surface area contributed by atoms with E-state index in [1.165, 1.54) is 25.3 Å². The van der Waals surface area contributed by atoms with Gasteiger partial charge in [-0.2, -0.15) is 0 Å². The van der Waals surface area contributed by atoms with Crippen LogP contribution in [0.3, 0.4) is 0 Å². The molecule has 1 N–H and O–H groups in total. The lowest BCUT2D eigenvalue weighted by Crippen LogP contribution is -2.54. The van der Waals surface area contributed by atoms with Gasteiger partial charge >= 0.3 is 11.9 Å². The molecule has 1 aromatic heterocycles.